The van der Waals surface area contributed by atoms with Crippen LogP contribution in [0.2, 0.25) is 0 Å². The Bertz CT molecular complexity index is 304. The highest BCUT2D eigenvalue weighted by atomic mass is 15.9. The zero-order chi connectivity index (χ0) is 13.6. The van der Waals surface area contributed by atoms with Crippen LogP contribution in [0.3, 0.4) is 0 Å². The van der Waals surface area contributed by atoms with Crippen molar-refractivity contribution < 1.29 is 0 Å². The fraction of sp³-hybridized carbons (Fsp3) is 1.00. The molecule has 0 aromatic rings. The van der Waals surface area contributed by atoms with E-state index >= 15 is 0 Å². The summed E-state index contributed by atoms with van der Waals surface area (Å²) in [4.78, 5) is 0. The predicted molar refractivity (Wildman–Crippen MR) is 79.4 cm³/mol. The van der Waals surface area contributed by atoms with E-state index in [1.165, 1.54) is 51.6 Å². The molecule has 3 fully saturated rings. The molecule has 2 atom stereocenters. The summed E-state index contributed by atoms with van der Waals surface area (Å²) in [6.07, 6.45) is 8.41. The third kappa shape index (κ3) is 2.14. The number of rotatable bonds is 2. The monoisotopic (exact) mass is 265 g/mol. The van der Waals surface area contributed by atoms with Gasteiger partial charge < -0.3 is 0 Å². The molecule has 110 valence electrons. The van der Waals surface area contributed by atoms with Crippen LogP contribution in [-0.2, 0) is 0 Å². The summed E-state index contributed by atoms with van der Waals surface area (Å²) in [6.45, 7) is 12.2. The Morgan fingerprint density at radius 3 is 2.21 bits per heavy atom. The van der Waals surface area contributed by atoms with Crippen molar-refractivity contribution in [1.82, 2.24) is 15.1 Å². The van der Waals surface area contributed by atoms with E-state index in [-0.39, 0.29) is 5.54 Å². The summed E-state index contributed by atoms with van der Waals surface area (Å²) in [5.41, 5.74) is 0.270. The van der Waals surface area contributed by atoms with Crippen LogP contribution in [0.1, 0.15) is 66.2 Å². The molecule has 3 nitrogen and oxygen atoms in total. The molecule has 3 heteroatoms. The van der Waals surface area contributed by atoms with Gasteiger partial charge in [-0.05, 0) is 45.4 Å². The molecular weight excluding hydrogens is 234 g/mol. The van der Waals surface area contributed by atoms with Gasteiger partial charge in [-0.15, -0.1) is 0 Å². The van der Waals surface area contributed by atoms with Gasteiger partial charge >= 0.3 is 0 Å². The van der Waals surface area contributed by atoms with E-state index in [1.807, 2.05) is 0 Å². The Kier molecular flexibility index (Phi) is 3.65. The molecule has 2 unspecified atom stereocenters. The van der Waals surface area contributed by atoms with Gasteiger partial charge in [0, 0.05) is 30.7 Å². The van der Waals surface area contributed by atoms with Gasteiger partial charge in [-0.3, -0.25) is 0 Å². The minimum absolute atomic E-state index is 0.270. The van der Waals surface area contributed by atoms with E-state index in [0.717, 1.165) is 12.1 Å². The molecular formula is C16H31N3. The highest BCUT2D eigenvalue weighted by Gasteiger charge is 2.52. The Balaban J connectivity index is 1.92. The van der Waals surface area contributed by atoms with E-state index in [1.54, 1.807) is 0 Å². The lowest BCUT2D eigenvalue weighted by molar-refractivity contribution is -0.200. The second-order valence-corrected chi connectivity index (χ2v) is 7.54. The second-order valence-electron chi connectivity index (χ2n) is 7.54. The predicted octanol–water partition coefficient (Wildman–Crippen LogP) is 3.28. The number of hydrazine groups is 2. The first-order valence-electron chi connectivity index (χ1n) is 8.37. The molecule has 0 aromatic carbocycles. The normalized spacial score (nSPS) is 34.6. The lowest BCUT2D eigenvalue weighted by Gasteiger charge is -2.48. The van der Waals surface area contributed by atoms with E-state index in [0.29, 0.717) is 5.92 Å². The SMILES string of the molecule is CC(C)C(C)(C)N1C2CCCCC2N2CCCCN21. The first kappa shape index (κ1) is 13.8. The number of hydrogen-bond donors (Lipinski definition) is 0. The first-order chi connectivity index (χ1) is 9.03. The average Bonchev–Trinajstić information content (AvgIpc) is 2.73. The van der Waals surface area contributed by atoms with Crippen LogP contribution in [0, 0.1) is 5.92 Å². The van der Waals surface area contributed by atoms with Crippen LogP contribution in [-0.4, -0.2) is 45.8 Å². The van der Waals surface area contributed by atoms with Crippen molar-refractivity contribution in [3.63, 3.8) is 0 Å². The summed E-state index contributed by atoms with van der Waals surface area (Å²) in [7, 11) is 0. The zero-order valence-corrected chi connectivity index (χ0v) is 13.2. The maximum Gasteiger partial charge on any atom is 0.0435 e. The lowest BCUT2D eigenvalue weighted by atomic mass is 9.84. The second kappa shape index (κ2) is 5.01. The number of fused-ring (bicyclic) bond motifs is 3. The van der Waals surface area contributed by atoms with E-state index in [4.69, 9.17) is 0 Å². The summed E-state index contributed by atoms with van der Waals surface area (Å²) in [5.74, 6) is 0.692. The van der Waals surface area contributed by atoms with E-state index in [2.05, 4.69) is 42.8 Å². The van der Waals surface area contributed by atoms with Gasteiger partial charge in [-0.1, -0.05) is 26.7 Å². The maximum absolute atomic E-state index is 2.78. The molecule has 0 amide bonds. The zero-order valence-electron chi connectivity index (χ0n) is 13.2. The highest BCUT2D eigenvalue weighted by molar-refractivity contribution is 5.00. The fourth-order valence-corrected chi connectivity index (χ4v) is 4.22. The van der Waals surface area contributed by atoms with Crippen molar-refractivity contribution in [2.75, 3.05) is 13.1 Å². The van der Waals surface area contributed by atoms with Gasteiger partial charge in [-0.2, -0.15) is 5.12 Å². The molecule has 2 heterocycles. The van der Waals surface area contributed by atoms with Gasteiger partial charge in [0.15, 0.2) is 0 Å². The summed E-state index contributed by atoms with van der Waals surface area (Å²) < 4.78 is 0. The topological polar surface area (TPSA) is 9.72 Å². The molecule has 0 radical (unpaired) electrons. The number of nitrogens with zero attached hydrogens (tertiary/aromatic N) is 3. The van der Waals surface area contributed by atoms with Gasteiger partial charge in [0.25, 0.3) is 0 Å². The molecule has 0 aromatic heterocycles. The third-order valence-corrected chi connectivity index (χ3v) is 5.93. The van der Waals surface area contributed by atoms with Crippen molar-refractivity contribution >= 4 is 0 Å². The first-order valence-corrected chi connectivity index (χ1v) is 8.37. The standard InChI is InChI=1S/C16H31N3/c1-13(2)16(3,4)19-15-10-6-5-9-14(15)17-11-7-8-12-18(17)19/h13-15H,5-12H2,1-4H3. The molecule has 3 aliphatic rings. The summed E-state index contributed by atoms with van der Waals surface area (Å²) >= 11 is 0. The molecule has 2 saturated heterocycles. The van der Waals surface area contributed by atoms with E-state index in [9.17, 15) is 0 Å². The Hall–Kier alpha value is -0.120. The van der Waals surface area contributed by atoms with Crippen molar-refractivity contribution in [2.24, 2.45) is 5.92 Å². The Morgan fingerprint density at radius 2 is 1.53 bits per heavy atom. The lowest BCUT2D eigenvalue weighted by Crippen LogP contribution is -2.59. The minimum atomic E-state index is 0.270. The quantitative estimate of drug-likeness (QED) is 0.758. The molecule has 0 bridgehead atoms. The van der Waals surface area contributed by atoms with Crippen LogP contribution in [0.15, 0.2) is 0 Å². The van der Waals surface area contributed by atoms with Crippen molar-refractivity contribution in [1.29, 1.82) is 0 Å². The molecule has 0 spiro atoms. The molecule has 19 heavy (non-hydrogen) atoms. The molecule has 1 saturated carbocycles. The minimum Gasteiger partial charge on any atom is -0.223 e. The van der Waals surface area contributed by atoms with Crippen LogP contribution < -0.4 is 0 Å². The Morgan fingerprint density at radius 1 is 0.895 bits per heavy atom. The summed E-state index contributed by atoms with van der Waals surface area (Å²) in [6, 6.07) is 1.57. The van der Waals surface area contributed by atoms with Crippen LogP contribution >= 0.6 is 0 Å². The van der Waals surface area contributed by atoms with Crippen LogP contribution in [0.4, 0.5) is 0 Å². The van der Waals surface area contributed by atoms with Crippen molar-refractivity contribution in [3.8, 4) is 0 Å². The smallest absolute Gasteiger partial charge is 0.0435 e. The average molecular weight is 265 g/mol. The van der Waals surface area contributed by atoms with Gasteiger partial charge in [-0.25, -0.2) is 10.0 Å². The van der Waals surface area contributed by atoms with Crippen LogP contribution in [0.5, 0.6) is 0 Å². The molecule has 0 N–H and O–H groups in total. The molecule has 3 rings (SSSR count). The highest BCUT2D eigenvalue weighted by Crippen LogP contribution is 2.43. The Labute approximate surface area is 118 Å². The van der Waals surface area contributed by atoms with Crippen molar-refractivity contribution in [3.05, 3.63) is 0 Å². The number of hydrogen-bond acceptors (Lipinski definition) is 3. The van der Waals surface area contributed by atoms with Gasteiger partial charge in [0.1, 0.15) is 0 Å². The largest absolute Gasteiger partial charge is 0.223 e. The van der Waals surface area contributed by atoms with Crippen LogP contribution in [0.25, 0.3) is 0 Å². The van der Waals surface area contributed by atoms with Gasteiger partial charge in [0.05, 0.1) is 0 Å². The molecule has 2 aliphatic heterocycles. The summed E-state index contributed by atoms with van der Waals surface area (Å²) in [5, 5.41) is 8.14. The maximum atomic E-state index is 2.78. The van der Waals surface area contributed by atoms with Gasteiger partial charge in [0.2, 0.25) is 0 Å². The van der Waals surface area contributed by atoms with Crippen molar-refractivity contribution in [2.45, 2.75) is 83.8 Å². The molecule has 1 aliphatic carbocycles. The van der Waals surface area contributed by atoms with E-state index < -0.39 is 0 Å². The fourth-order valence-electron chi connectivity index (χ4n) is 4.22. The third-order valence-electron chi connectivity index (χ3n) is 5.93.